The fourth-order valence-corrected chi connectivity index (χ4v) is 1.15. The first-order valence-corrected chi connectivity index (χ1v) is 4.20. The number of carboxylic acid groups (broad SMARTS) is 1. The van der Waals surface area contributed by atoms with Gasteiger partial charge in [0.05, 0.1) is 6.54 Å². The van der Waals surface area contributed by atoms with Gasteiger partial charge in [0.15, 0.2) is 0 Å². The quantitative estimate of drug-likeness (QED) is 0.696. The molecule has 72 valence electrons. The minimum Gasteiger partial charge on any atom is -0.480 e. The Bertz CT molecular complexity index is 340. The number of hydrogen-bond acceptors (Lipinski definition) is 2. The molecule has 0 amide bonds. The van der Waals surface area contributed by atoms with Crippen LogP contribution in [0.3, 0.4) is 0 Å². The number of rotatable bonds is 4. The van der Waals surface area contributed by atoms with E-state index in [0.717, 1.165) is 0 Å². The average Bonchev–Trinajstić information content (AvgIpc) is 2.19. The normalized spacial score (nSPS) is 11.6. The van der Waals surface area contributed by atoms with Gasteiger partial charge in [-0.2, -0.15) is 0 Å². The van der Waals surface area contributed by atoms with E-state index in [9.17, 15) is 4.79 Å². The Morgan fingerprint density at radius 3 is 2.64 bits per heavy atom. The standard InChI is InChI=1S/C11H11NO2/c1-2-8-12-10(11(13)14)9-6-4-3-5-7-9/h1,3-7,10,12H,8H2,(H,13,14). The number of nitrogens with one attached hydrogen (secondary N) is 1. The van der Waals surface area contributed by atoms with E-state index in [-0.39, 0.29) is 6.54 Å². The first kappa shape index (κ1) is 10.3. The van der Waals surface area contributed by atoms with E-state index < -0.39 is 12.0 Å². The Morgan fingerprint density at radius 1 is 1.50 bits per heavy atom. The lowest BCUT2D eigenvalue weighted by atomic mass is 10.1. The predicted octanol–water partition coefficient (Wildman–Crippen LogP) is 1.04. The molecule has 1 aromatic carbocycles. The smallest absolute Gasteiger partial charge is 0.325 e. The molecule has 0 fully saturated rings. The Kier molecular flexibility index (Phi) is 3.71. The van der Waals surface area contributed by atoms with Crippen LogP contribution in [0.5, 0.6) is 0 Å². The average molecular weight is 189 g/mol. The van der Waals surface area contributed by atoms with Crippen LogP contribution in [0.25, 0.3) is 0 Å². The summed E-state index contributed by atoms with van der Waals surface area (Å²) in [6, 6.07) is 8.20. The highest BCUT2D eigenvalue weighted by molar-refractivity contribution is 5.75. The van der Waals surface area contributed by atoms with Crippen molar-refractivity contribution in [3.8, 4) is 12.3 Å². The number of terminal acetylenes is 1. The van der Waals surface area contributed by atoms with Crippen LogP contribution in [0.4, 0.5) is 0 Å². The first-order chi connectivity index (χ1) is 6.75. The fourth-order valence-electron chi connectivity index (χ4n) is 1.15. The molecule has 1 atom stereocenters. The molecule has 1 rings (SSSR count). The van der Waals surface area contributed by atoms with E-state index in [2.05, 4.69) is 11.2 Å². The van der Waals surface area contributed by atoms with Crippen LogP contribution in [0.15, 0.2) is 30.3 Å². The van der Waals surface area contributed by atoms with Gasteiger partial charge in [-0.15, -0.1) is 6.42 Å². The third-order valence-electron chi connectivity index (χ3n) is 1.79. The van der Waals surface area contributed by atoms with E-state index in [1.54, 1.807) is 24.3 Å². The van der Waals surface area contributed by atoms with E-state index in [0.29, 0.717) is 5.56 Å². The molecule has 0 aromatic heterocycles. The lowest BCUT2D eigenvalue weighted by molar-refractivity contribution is -0.139. The third-order valence-corrected chi connectivity index (χ3v) is 1.79. The molecule has 2 N–H and O–H groups in total. The topological polar surface area (TPSA) is 49.3 Å². The highest BCUT2D eigenvalue weighted by Gasteiger charge is 2.17. The lowest BCUT2D eigenvalue weighted by Crippen LogP contribution is -2.28. The molecule has 0 aliphatic rings. The Balaban J connectivity index is 2.79. The molecule has 0 spiro atoms. The highest BCUT2D eigenvalue weighted by atomic mass is 16.4. The van der Waals surface area contributed by atoms with Gasteiger partial charge in [-0.1, -0.05) is 36.3 Å². The van der Waals surface area contributed by atoms with Gasteiger partial charge < -0.3 is 5.11 Å². The Labute approximate surface area is 82.8 Å². The molecule has 1 unspecified atom stereocenters. The van der Waals surface area contributed by atoms with E-state index in [1.165, 1.54) is 0 Å². The van der Waals surface area contributed by atoms with Crippen LogP contribution < -0.4 is 5.32 Å². The minimum absolute atomic E-state index is 0.242. The van der Waals surface area contributed by atoms with Gasteiger partial charge in [0.25, 0.3) is 0 Å². The van der Waals surface area contributed by atoms with Crippen molar-refractivity contribution in [1.82, 2.24) is 5.32 Å². The summed E-state index contributed by atoms with van der Waals surface area (Å²) >= 11 is 0. The van der Waals surface area contributed by atoms with Crippen LogP contribution in [-0.2, 0) is 4.79 Å². The second-order valence-electron chi connectivity index (χ2n) is 2.77. The summed E-state index contributed by atoms with van der Waals surface area (Å²) in [6.45, 7) is 0.242. The summed E-state index contributed by atoms with van der Waals surface area (Å²) in [7, 11) is 0. The van der Waals surface area contributed by atoms with Gasteiger partial charge in [-0.05, 0) is 5.56 Å². The van der Waals surface area contributed by atoms with Gasteiger partial charge >= 0.3 is 5.97 Å². The zero-order valence-electron chi connectivity index (χ0n) is 7.60. The summed E-state index contributed by atoms with van der Waals surface area (Å²) in [6.07, 6.45) is 5.05. The molecule has 14 heavy (non-hydrogen) atoms. The maximum Gasteiger partial charge on any atom is 0.325 e. The van der Waals surface area contributed by atoms with E-state index >= 15 is 0 Å². The first-order valence-electron chi connectivity index (χ1n) is 4.20. The number of hydrogen-bond donors (Lipinski definition) is 2. The van der Waals surface area contributed by atoms with Crippen molar-refractivity contribution in [3.63, 3.8) is 0 Å². The zero-order chi connectivity index (χ0) is 10.4. The van der Waals surface area contributed by atoms with Gasteiger partial charge in [-0.3, -0.25) is 10.1 Å². The molecule has 0 aliphatic heterocycles. The van der Waals surface area contributed by atoms with Crippen molar-refractivity contribution in [2.24, 2.45) is 0 Å². The molecular formula is C11H11NO2. The number of benzene rings is 1. The van der Waals surface area contributed by atoms with Gasteiger partial charge in [0.1, 0.15) is 6.04 Å². The summed E-state index contributed by atoms with van der Waals surface area (Å²) in [5, 5.41) is 11.7. The van der Waals surface area contributed by atoms with Crippen molar-refractivity contribution in [3.05, 3.63) is 35.9 Å². The van der Waals surface area contributed by atoms with E-state index in [1.807, 2.05) is 6.07 Å². The Morgan fingerprint density at radius 2 is 2.14 bits per heavy atom. The predicted molar refractivity (Wildman–Crippen MR) is 53.7 cm³/mol. The lowest BCUT2D eigenvalue weighted by Gasteiger charge is -2.12. The van der Waals surface area contributed by atoms with Crippen molar-refractivity contribution in [2.45, 2.75) is 6.04 Å². The van der Waals surface area contributed by atoms with Crippen molar-refractivity contribution in [2.75, 3.05) is 6.54 Å². The van der Waals surface area contributed by atoms with Crippen LogP contribution in [0.1, 0.15) is 11.6 Å². The van der Waals surface area contributed by atoms with Crippen LogP contribution >= 0.6 is 0 Å². The van der Waals surface area contributed by atoms with E-state index in [4.69, 9.17) is 11.5 Å². The molecule has 0 saturated carbocycles. The Hall–Kier alpha value is -1.79. The van der Waals surface area contributed by atoms with Gasteiger partial charge in [0.2, 0.25) is 0 Å². The molecule has 0 aliphatic carbocycles. The van der Waals surface area contributed by atoms with Crippen LogP contribution in [0.2, 0.25) is 0 Å². The van der Waals surface area contributed by atoms with Crippen molar-refractivity contribution < 1.29 is 9.90 Å². The molecular weight excluding hydrogens is 178 g/mol. The molecule has 3 nitrogen and oxygen atoms in total. The minimum atomic E-state index is -0.925. The third kappa shape index (κ3) is 2.61. The SMILES string of the molecule is C#CCNC(C(=O)O)c1ccccc1. The highest BCUT2D eigenvalue weighted by Crippen LogP contribution is 2.11. The van der Waals surface area contributed by atoms with Gasteiger partial charge in [0, 0.05) is 0 Å². The number of carboxylic acids is 1. The second kappa shape index (κ2) is 5.05. The number of aliphatic carboxylic acids is 1. The molecule has 1 aromatic rings. The second-order valence-corrected chi connectivity index (χ2v) is 2.77. The maximum absolute atomic E-state index is 10.9. The molecule has 3 heteroatoms. The van der Waals surface area contributed by atoms with Crippen molar-refractivity contribution >= 4 is 5.97 Å². The monoisotopic (exact) mass is 189 g/mol. The maximum atomic E-state index is 10.9. The van der Waals surface area contributed by atoms with Crippen molar-refractivity contribution in [1.29, 1.82) is 0 Å². The molecule has 0 radical (unpaired) electrons. The summed E-state index contributed by atoms with van der Waals surface area (Å²) < 4.78 is 0. The zero-order valence-corrected chi connectivity index (χ0v) is 7.60. The summed E-state index contributed by atoms with van der Waals surface area (Å²) in [5.41, 5.74) is 0.704. The summed E-state index contributed by atoms with van der Waals surface area (Å²) in [5.74, 6) is 1.42. The molecule has 0 heterocycles. The van der Waals surface area contributed by atoms with Crippen LogP contribution in [0, 0.1) is 12.3 Å². The fraction of sp³-hybridized carbons (Fsp3) is 0.182. The largest absolute Gasteiger partial charge is 0.480 e. The molecule has 0 bridgehead atoms. The summed E-state index contributed by atoms with van der Waals surface area (Å²) in [4.78, 5) is 10.9. The number of carbonyl (C=O) groups is 1. The van der Waals surface area contributed by atoms with Gasteiger partial charge in [-0.25, -0.2) is 0 Å². The van der Waals surface area contributed by atoms with Crippen LogP contribution in [-0.4, -0.2) is 17.6 Å². The molecule has 0 saturated heterocycles.